The molecule has 0 unspecified atom stereocenters. The van der Waals surface area contributed by atoms with Crippen LogP contribution in [0.1, 0.15) is 63.2 Å². The van der Waals surface area contributed by atoms with Gasteiger partial charge < -0.3 is 14.5 Å². The minimum Gasteiger partial charge on any atom is -0.467 e. The van der Waals surface area contributed by atoms with Crippen LogP contribution in [-0.4, -0.2) is 12.6 Å². The summed E-state index contributed by atoms with van der Waals surface area (Å²) in [4.78, 5) is 0. The third-order valence-corrected chi connectivity index (χ3v) is 3.83. The van der Waals surface area contributed by atoms with Crippen molar-refractivity contribution in [2.24, 2.45) is 0 Å². The zero-order valence-corrected chi connectivity index (χ0v) is 12.1. The Balaban J connectivity index is 1.76. The topological polar surface area (TPSA) is 34.4 Å². The molecule has 3 heteroatoms. The predicted molar refractivity (Wildman–Crippen MR) is 77.0 cm³/mol. The number of ether oxygens (including phenoxy) is 1. The van der Waals surface area contributed by atoms with Gasteiger partial charge in [0.25, 0.3) is 0 Å². The Bertz CT molecular complexity index is 340. The highest BCUT2D eigenvalue weighted by Crippen LogP contribution is 2.21. The number of nitrogens with one attached hydrogen (secondary N) is 1. The lowest BCUT2D eigenvalue weighted by Gasteiger charge is -2.15. The normalized spacial score (nSPS) is 17.5. The maximum atomic E-state index is 6.03. The van der Waals surface area contributed by atoms with E-state index in [-0.39, 0.29) is 0 Å². The van der Waals surface area contributed by atoms with Crippen LogP contribution in [0, 0.1) is 0 Å². The molecule has 0 aromatic carbocycles. The lowest BCUT2D eigenvalue weighted by atomic mass is 10.1. The highest BCUT2D eigenvalue weighted by Gasteiger charge is 2.14. The molecule has 0 atom stereocenters. The molecule has 1 heterocycles. The van der Waals surface area contributed by atoms with E-state index < -0.39 is 0 Å². The van der Waals surface area contributed by atoms with E-state index in [2.05, 4.69) is 18.3 Å². The summed E-state index contributed by atoms with van der Waals surface area (Å²) in [6.07, 6.45) is 11.2. The summed E-state index contributed by atoms with van der Waals surface area (Å²) in [5, 5.41) is 3.41. The number of rotatable bonds is 7. The SMILES string of the molecule is CCCNCc1ccoc1COC1CCCCCC1. The quantitative estimate of drug-likeness (QED) is 0.597. The maximum absolute atomic E-state index is 6.03. The van der Waals surface area contributed by atoms with Gasteiger partial charge in [-0.15, -0.1) is 0 Å². The van der Waals surface area contributed by atoms with Crippen molar-refractivity contribution < 1.29 is 9.15 Å². The lowest BCUT2D eigenvalue weighted by molar-refractivity contribution is 0.0214. The molecule has 0 bridgehead atoms. The number of hydrogen-bond donors (Lipinski definition) is 1. The molecule has 1 aliphatic carbocycles. The summed E-state index contributed by atoms with van der Waals surface area (Å²) in [6.45, 7) is 4.74. The van der Waals surface area contributed by atoms with Gasteiger partial charge in [0.2, 0.25) is 0 Å². The molecule has 0 spiro atoms. The third kappa shape index (κ3) is 5.00. The Morgan fingerprint density at radius 1 is 1.26 bits per heavy atom. The highest BCUT2D eigenvalue weighted by molar-refractivity contribution is 5.16. The zero-order valence-electron chi connectivity index (χ0n) is 12.1. The van der Waals surface area contributed by atoms with E-state index in [1.54, 1.807) is 6.26 Å². The first kappa shape index (κ1) is 14.6. The van der Waals surface area contributed by atoms with Crippen LogP contribution in [0.25, 0.3) is 0 Å². The van der Waals surface area contributed by atoms with E-state index in [4.69, 9.17) is 9.15 Å². The van der Waals surface area contributed by atoms with E-state index in [9.17, 15) is 0 Å². The van der Waals surface area contributed by atoms with Crippen molar-refractivity contribution in [2.75, 3.05) is 6.54 Å². The average Bonchev–Trinajstić information content (AvgIpc) is 2.71. The van der Waals surface area contributed by atoms with Crippen LogP contribution in [-0.2, 0) is 17.9 Å². The minimum absolute atomic E-state index is 0.434. The molecular weight excluding hydrogens is 238 g/mol. The molecule has 0 saturated heterocycles. The summed E-state index contributed by atoms with van der Waals surface area (Å²) in [6, 6.07) is 2.05. The number of furan rings is 1. The first-order chi connectivity index (χ1) is 9.40. The first-order valence-corrected chi connectivity index (χ1v) is 7.77. The van der Waals surface area contributed by atoms with Gasteiger partial charge in [-0.3, -0.25) is 0 Å². The molecule has 1 aromatic rings. The van der Waals surface area contributed by atoms with Gasteiger partial charge in [0, 0.05) is 12.1 Å². The molecule has 1 N–H and O–H groups in total. The van der Waals surface area contributed by atoms with Crippen molar-refractivity contribution >= 4 is 0 Å². The Hall–Kier alpha value is -0.800. The Kier molecular flexibility index (Phi) is 6.45. The van der Waals surface area contributed by atoms with Crippen LogP contribution in [0.2, 0.25) is 0 Å². The van der Waals surface area contributed by atoms with Gasteiger partial charge in [-0.25, -0.2) is 0 Å². The highest BCUT2D eigenvalue weighted by atomic mass is 16.5. The molecular formula is C16H27NO2. The molecule has 1 fully saturated rings. The van der Waals surface area contributed by atoms with Gasteiger partial charge in [-0.1, -0.05) is 32.6 Å². The molecule has 0 aliphatic heterocycles. The second-order valence-electron chi connectivity index (χ2n) is 5.47. The van der Waals surface area contributed by atoms with Crippen molar-refractivity contribution in [1.82, 2.24) is 5.32 Å². The Morgan fingerprint density at radius 3 is 2.79 bits per heavy atom. The van der Waals surface area contributed by atoms with E-state index in [1.807, 2.05) is 0 Å². The first-order valence-electron chi connectivity index (χ1n) is 7.77. The van der Waals surface area contributed by atoms with Gasteiger partial charge in [0.1, 0.15) is 12.4 Å². The summed E-state index contributed by atoms with van der Waals surface area (Å²) in [7, 11) is 0. The van der Waals surface area contributed by atoms with Gasteiger partial charge in [0.05, 0.1) is 12.4 Å². The fraction of sp³-hybridized carbons (Fsp3) is 0.750. The molecule has 1 aliphatic rings. The molecule has 1 aromatic heterocycles. The predicted octanol–water partition coefficient (Wildman–Crippen LogP) is 4.02. The summed E-state index contributed by atoms with van der Waals surface area (Å²) < 4.78 is 11.6. The van der Waals surface area contributed by atoms with E-state index >= 15 is 0 Å². The van der Waals surface area contributed by atoms with E-state index in [1.165, 1.54) is 44.1 Å². The number of hydrogen-bond acceptors (Lipinski definition) is 3. The summed E-state index contributed by atoms with van der Waals surface area (Å²) in [5.41, 5.74) is 1.24. The van der Waals surface area contributed by atoms with Gasteiger partial charge >= 0.3 is 0 Å². The third-order valence-electron chi connectivity index (χ3n) is 3.83. The van der Waals surface area contributed by atoms with Crippen molar-refractivity contribution in [3.05, 3.63) is 23.7 Å². The molecule has 0 radical (unpaired) electrons. The van der Waals surface area contributed by atoms with Gasteiger partial charge in [0.15, 0.2) is 0 Å². The second-order valence-corrected chi connectivity index (χ2v) is 5.47. The van der Waals surface area contributed by atoms with Gasteiger partial charge in [-0.05, 0) is 31.9 Å². The molecule has 2 rings (SSSR count). The smallest absolute Gasteiger partial charge is 0.133 e. The van der Waals surface area contributed by atoms with Crippen LogP contribution in [0.4, 0.5) is 0 Å². The second kappa shape index (κ2) is 8.39. The molecule has 108 valence electrons. The van der Waals surface area contributed by atoms with Crippen molar-refractivity contribution in [3.63, 3.8) is 0 Å². The zero-order chi connectivity index (χ0) is 13.3. The fourth-order valence-corrected chi connectivity index (χ4v) is 2.65. The standard InChI is InChI=1S/C16H27NO2/c1-2-10-17-12-14-9-11-18-16(14)13-19-15-7-5-3-4-6-8-15/h9,11,15,17H,2-8,10,12-13H2,1H3. The van der Waals surface area contributed by atoms with Crippen LogP contribution in [0.5, 0.6) is 0 Å². The molecule has 1 saturated carbocycles. The maximum Gasteiger partial charge on any atom is 0.133 e. The van der Waals surface area contributed by atoms with Crippen LogP contribution in [0.3, 0.4) is 0 Å². The molecule has 0 amide bonds. The molecule has 3 nitrogen and oxygen atoms in total. The van der Waals surface area contributed by atoms with Crippen LogP contribution >= 0.6 is 0 Å². The van der Waals surface area contributed by atoms with Crippen LogP contribution < -0.4 is 5.32 Å². The lowest BCUT2D eigenvalue weighted by Crippen LogP contribution is -2.15. The Morgan fingerprint density at radius 2 is 2.05 bits per heavy atom. The largest absolute Gasteiger partial charge is 0.467 e. The van der Waals surface area contributed by atoms with Crippen LogP contribution in [0.15, 0.2) is 16.7 Å². The molecule has 19 heavy (non-hydrogen) atoms. The summed E-state index contributed by atoms with van der Waals surface area (Å²) in [5.74, 6) is 0.993. The monoisotopic (exact) mass is 265 g/mol. The van der Waals surface area contributed by atoms with Gasteiger partial charge in [-0.2, -0.15) is 0 Å². The van der Waals surface area contributed by atoms with Crippen molar-refractivity contribution in [1.29, 1.82) is 0 Å². The van der Waals surface area contributed by atoms with E-state index in [0.29, 0.717) is 12.7 Å². The van der Waals surface area contributed by atoms with Crippen molar-refractivity contribution in [2.45, 2.75) is 71.1 Å². The fourth-order valence-electron chi connectivity index (χ4n) is 2.65. The van der Waals surface area contributed by atoms with Crippen molar-refractivity contribution in [3.8, 4) is 0 Å². The summed E-state index contributed by atoms with van der Waals surface area (Å²) >= 11 is 0. The average molecular weight is 265 g/mol. The minimum atomic E-state index is 0.434. The van der Waals surface area contributed by atoms with E-state index in [0.717, 1.165) is 25.3 Å². The Labute approximate surface area is 116 Å².